The van der Waals surface area contributed by atoms with Crippen molar-refractivity contribution < 1.29 is 38.6 Å². The van der Waals surface area contributed by atoms with Crippen molar-refractivity contribution in [1.82, 2.24) is 4.90 Å². The minimum atomic E-state index is -3.10. The summed E-state index contributed by atoms with van der Waals surface area (Å²) >= 11 is 0. The third kappa shape index (κ3) is 5.37. The largest absolute Gasteiger partial charge is 0.441 e. The number of para-hydroxylation sites is 1. The average molecular weight is 684 g/mol. The van der Waals surface area contributed by atoms with E-state index in [0.29, 0.717) is 35.6 Å². The fourth-order valence-corrected chi connectivity index (χ4v) is 11.0. The lowest BCUT2D eigenvalue weighted by molar-refractivity contribution is -0.154. The standard InChI is InChI=1S/C37H41N3O8Si/c1-22-35(49(3,4)46)31(18-32(43)38-20-25-11-9-8-10-24(25)16-28(38)21-41)48-37(22)29-17-27(40-33(44)19-34(40)47-23(2)42)14-15-30(29)39(36(37)45)26-12-6-5-7-13-26/h5-15,17,22,28,31,34-35,41,46H,16,18-21H2,1-4H3/t22-,28+,31+,34?,35-,37+/m1/s1. The smallest absolute Gasteiger partial charge is 0.304 e. The molecule has 0 aliphatic carbocycles. The number of anilines is 3. The summed E-state index contributed by atoms with van der Waals surface area (Å²) in [6.45, 7) is 6.94. The fourth-order valence-electron chi connectivity index (χ4n) is 8.49. The highest BCUT2D eigenvalue weighted by Gasteiger charge is 2.67. The molecular formula is C37H41N3O8Si. The molecular weight excluding hydrogens is 643 g/mol. The normalized spacial score (nSPS) is 27.6. The number of β-lactam (4-membered cyclic amide) rings is 1. The number of hydrogen-bond acceptors (Lipinski definition) is 8. The molecule has 2 saturated heterocycles. The van der Waals surface area contributed by atoms with Crippen LogP contribution in [-0.2, 0) is 47.2 Å². The van der Waals surface area contributed by atoms with Gasteiger partial charge in [0.2, 0.25) is 11.8 Å². The fraction of sp³-hybridized carbons (Fsp3) is 0.405. The molecule has 0 bridgehead atoms. The summed E-state index contributed by atoms with van der Waals surface area (Å²) in [6, 6.07) is 21.9. The van der Waals surface area contributed by atoms with Crippen LogP contribution in [0, 0.1) is 5.92 Å². The molecule has 3 aromatic rings. The molecule has 2 N–H and O–H groups in total. The number of aliphatic hydroxyl groups is 1. The van der Waals surface area contributed by atoms with Crippen LogP contribution in [0.25, 0.3) is 0 Å². The number of esters is 1. The van der Waals surface area contributed by atoms with E-state index in [4.69, 9.17) is 9.47 Å². The van der Waals surface area contributed by atoms with Crippen LogP contribution in [0.5, 0.6) is 0 Å². The number of fused-ring (bicyclic) bond motifs is 3. The molecule has 11 nitrogen and oxygen atoms in total. The van der Waals surface area contributed by atoms with Gasteiger partial charge in [0.1, 0.15) is 0 Å². The van der Waals surface area contributed by atoms with Gasteiger partial charge in [0.15, 0.2) is 20.1 Å². The Morgan fingerprint density at radius 2 is 1.67 bits per heavy atom. The van der Waals surface area contributed by atoms with Crippen LogP contribution in [0.2, 0.25) is 18.6 Å². The number of ether oxygens (including phenoxy) is 2. The molecule has 1 unspecified atom stereocenters. The molecule has 2 fully saturated rings. The van der Waals surface area contributed by atoms with E-state index in [1.54, 1.807) is 41.1 Å². The van der Waals surface area contributed by atoms with E-state index in [1.807, 2.05) is 61.5 Å². The van der Waals surface area contributed by atoms with Gasteiger partial charge >= 0.3 is 5.97 Å². The maximum Gasteiger partial charge on any atom is 0.304 e. The van der Waals surface area contributed by atoms with E-state index in [1.165, 1.54) is 11.8 Å². The molecule has 12 heteroatoms. The van der Waals surface area contributed by atoms with E-state index in [9.17, 15) is 29.1 Å². The minimum Gasteiger partial charge on any atom is -0.441 e. The minimum absolute atomic E-state index is 0.0517. The maximum absolute atomic E-state index is 14.9. The summed E-state index contributed by atoms with van der Waals surface area (Å²) in [5, 5.41) is 10.3. The summed E-state index contributed by atoms with van der Waals surface area (Å²) in [5.74, 6) is -1.86. The summed E-state index contributed by atoms with van der Waals surface area (Å²) in [4.78, 5) is 70.2. The first kappa shape index (κ1) is 33.1. The number of carbonyl (C=O) groups excluding carboxylic acids is 4. The highest BCUT2D eigenvalue weighted by molar-refractivity contribution is 6.71. The van der Waals surface area contributed by atoms with Gasteiger partial charge in [0.25, 0.3) is 5.91 Å². The molecule has 4 heterocycles. The van der Waals surface area contributed by atoms with Crippen LogP contribution in [0.1, 0.15) is 43.4 Å². The van der Waals surface area contributed by atoms with E-state index >= 15 is 0 Å². The number of amides is 3. The number of carbonyl (C=O) groups is 4. The van der Waals surface area contributed by atoms with Gasteiger partial charge in [0.05, 0.1) is 37.3 Å². The molecule has 0 radical (unpaired) electrons. The highest BCUT2D eigenvalue weighted by atomic mass is 28.4. The van der Waals surface area contributed by atoms with Crippen molar-refractivity contribution in [1.29, 1.82) is 0 Å². The molecule has 256 valence electrons. The van der Waals surface area contributed by atoms with E-state index < -0.39 is 49.7 Å². The Balaban J connectivity index is 1.30. The monoisotopic (exact) mass is 683 g/mol. The van der Waals surface area contributed by atoms with Gasteiger partial charge in [0, 0.05) is 41.9 Å². The zero-order valence-electron chi connectivity index (χ0n) is 28.0. The topological polar surface area (TPSA) is 137 Å². The van der Waals surface area contributed by atoms with Gasteiger partial charge in [-0.15, -0.1) is 0 Å². The van der Waals surface area contributed by atoms with Gasteiger partial charge in [-0.1, -0.05) is 49.4 Å². The van der Waals surface area contributed by atoms with Crippen molar-refractivity contribution in [3.8, 4) is 0 Å². The Hall–Kier alpha value is -4.36. The molecule has 7 rings (SSSR count). The molecule has 1 spiro atoms. The number of benzene rings is 3. The molecule has 4 aliphatic rings. The summed E-state index contributed by atoms with van der Waals surface area (Å²) in [6.07, 6.45) is -1.08. The molecule has 4 aliphatic heterocycles. The van der Waals surface area contributed by atoms with Crippen LogP contribution >= 0.6 is 0 Å². The maximum atomic E-state index is 14.9. The van der Waals surface area contributed by atoms with Crippen molar-refractivity contribution in [2.45, 2.75) is 82.3 Å². The Morgan fingerprint density at radius 1 is 0.980 bits per heavy atom. The summed E-state index contributed by atoms with van der Waals surface area (Å²) in [5.41, 5.74) is 2.18. The Labute approximate surface area is 286 Å². The quantitative estimate of drug-likeness (QED) is 0.216. The number of hydrogen-bond donors (Lipinski definition) is 2. The zero-order valence-corrected chi connectivity index (χ0v) is 29.0. The molecule has 49 heavy (non-hydrogen) atoms. The summed E-state index contributed by atoms with van der Waals surface area (Å²) < 4.78 is 12.3. The Morgan fingerprint density at radius 3 is 2.33 bits per heavy atom. The van der Waals surface area contributed by atoms with Gasteiger partial charge in [-0.3, -0.25) is 29.0 Å². The van der Waals surface area contributed by atoms with Crippen molar-refractivity contribution >= 4 is 49.1 Å². The zero-order chi connectivity index (χ0) is 34.8. The van der Waals surface area contributed by atoms with Crippen LogP contribution in [0.3, 0.4) is 0 Å². The van der Waals surface area contributed by atoms with Crippen LogP contribution in [0.15, 0.2) is 72.8 Å². The predicted octanol–water partition coefficient (Wildman–Crippen LogP) is 4.12. The molecule has 0 aromatic heterocycles. The first-order valence-corrected chi connectivity index (χ1v) is 19.8. The highest BCUT2D eigenvalue weighted by Crippen LogP contribution is 2.61. The Kier molecular flexibility index (Phi) is 8.25. The lowest BCUT2D eigenvalue weighted by atomic mass is 9.82. The second-order valence-corrected chi connectivity index (χ2v) is 18.1. The lowest BCUT2D eigenvalue weighted by Gasteiger charge is -2.39. The van der Waals surface area contributed by atoms with E-state index in [2.05, 4.69) is 0 Å². The number of aliphatic hydroxyl groups excluding tert-OH is 1. The second-order valence-electron chi connectivity index (χ2n) is 14.1. The van der Waals surface area contributed by atoms with Crippen molar-refractivity contribution in [3.05, 3.63) is 89.5 Å². The third-order valence-electron chi connectivity index (χ3n) is 10.6. The summed E-state index contributed by atoms with van der Waals surface area (Å²) in [7, 11) is -3.10. The lowest BCUT2D eigenvalue weighted by Crippen LogP contribution is -2.55. The number of nitrogens with zero attached hydrogens (tertiary/aromatic N) is 3. The molecule has 3 amide bonds. The van der Waals surface area contributed by atoms with Crippen LogP contribution in [-0.4, -0.2) is 71.8 Å². The van der Waals surface area contributed by atoms with Gasteiger partial charge < -0.3 is 24.3 Å². The first-order chi connectivity index (χ1) is 23.3. The molecule has 3 aromatic carbocycles. The predicted molar refractivity (Wildman–Crippen MR) is 183 cm³/mol. The molecule has 0 saturated carbocycles. The van der Waals surface area contributed by atoms with Crippen molar-refractivity contribution in [3.63, 3.8) is 0 Å². The third-order valence-corrected chi connectivity index (χ3v) is 13.1. The SMILES string of the molecule is CC(=O)OC1CC(=O)N1c1ccc2c(c1)[C@]1(O[C@@H](CC(=O)N3Cc4ccccc4C[C@H]3CO)[C@H]([Si](C)(C)O)[C@H]1C)C(=O)N2c1ccccc1. The van der Waals surface area contributed by atoms with Gasteiger partial charge in [-0.05, 0) is 61.0 Å². The molecule has 6 atom stereocenters. The van der Waals surface area contributed by atoms with Gasteiger partial charge in [-0.2, -0.15) is 0 Å². The Bertz CT molecular complexity index is 1830. The van der Waals surface area contributed by atoms with Crippen molar-refractivity contribution in [2.75, 3.05) is 16.4 Å². The average Bonchev–Trinajstić information content (AvgIpc) is 3.49. The van der Waals surface area contributed by atoms with E-state index in [-0.39, 0.29) is 37.2 Å². The second kappa shape index (κ2) is 12.2. The van der Waals surface area contributed by atoms with E-state index in [0.717, 1.165) is 11.1 Å². The van der Waals surface area contributed by atoms with Crippen molar-refractivity contribution in [2.24, 2.45) is 5.92 Å². The van der Waals surface area contributed by atoms with Gasteiger partial charge in [-0.25, -0.2) is 0 Å². The number of rotatable bonds is 7. The van der Waals surface area contributed by atoms with Crippen LogP contribution < -0.4 is 9.80 Å². The van der Waals surface area contributed by atoms with Crippen LogP contribution in [0.4, 0.5) is 17.1 Å². The first-order valence-electron chi connectivity index (χ1n) is 16.8.